The molecule has 3 nitrogen and oxygen atoms in total. The van der Waals surface area contributed by atoms with Gasteiger partial charge in [0.1, 0.15) is 13.1 Å². The number of ether oxygens (including phenoxy) is 2. The zero-order chi connectivity index (χ0) is 12.8. The lowest BCUT2D eigenvalue weighted by molar-refractivity contribution is -0.901. The highest BCUT2D eigenvalue weighted by molar-refractivity contribution is 6.18. The molecule has 112 valence electrons. The Kier molecular flexibility index (Phi) is 20.8. The minimum atomic E-state index is 0. The standard InChI is InChI=1S/C12H25Cl2NO2.ClH/c1-2-3-6-15(7-11-16-9-4-13)8-12-17-10-5-14;/h2-12H2,1H3;1H. The van der Waals surface area contributed by atoms with Crippen molar-refractivity contribution in [2.24, 2.45) is 0 Å². The molecule has 0 aromatic carbocycles. The van der Waals surface area contributed by atoms with Crippen LogP contribution in [0, 0.1) is 0 Å². The van der Waals surface area contributed by atoms with Gasteiger partial charge in [-0.1, -0.05) is 13.3 Å². The fraction of sp³-hybridized carbons (Fsp3) is 1.00. The van der Waals surface area contributed by atoms with Gasteiger partial charge in [-0.2, -0.15) is 0 Å². The van der Waals surface area contributed by atoms with Gasteiger partial charge in [0.2, 0.25) is 0 Å². The Hall–Kier alpha value is 0.750. The van der Waals surface area contributed by atoms with Crippen molar-refractivity contribution in [3.05, 3.63) is 0 Å². The third kappa shape index (κ3) is 14.8. The molecule has 0 aliphatic heterocycles. The number of hydrogen-bond donors (Lipinski definition) is 1. The highest BCUT2D eigenvalue weighted by Gasteiger charge is 2.07. The molecule has 0 aliphatic rings. The maximum absolute atomic E-state index is 5.55. The van der Waals surface area contributed by atoms with Crippen molar-refractivity contribution in [1.82, 2.24) is 0 Å². The lowest BCUT2D eigenvalue weighted by Gasteiger charge is -2.19. The van der Waals surface area contributed by atoms with Crippen LogP contribution >= 0.6 is 23.2 Å². The molecule has 6 heteroatoms. The lowest BCUT2D eigenvalue weighted by atomic mass is 10.3. The number of nitrogens with one attached hydrogen (secondary N) is 1. The van der Waals surface area contributed by atoms with Crippen LogP contribution in [-0.4, -0.2) is 57.8 Å². The molecule has 0 saturated heterocycles. The van der Waals surface area contributed by atoms with Crippen molar-refractivity contribution >= 4 is 23.2 Å². The monoisotopic (exact) mass is 321 g/mol. The molecule has 0 rings (SSSR count). The number of halogens is 3. The predicted octanol–water partition coefficient (Wildman–Crippen LogP) is -1.81. The van der Waals surface area contributed by atoms with E-state index in [-0.39, 0.29) is 12.4 Å². The van der Waals surface area contributed by atoms with Crippen molar-refractivity contribution < 1.29 is 26.8 Å². The largest absolute Gasteiger partial charge is 1.00 e. The Morgan fingerprint density at radius 2 is 1.33 bits per heavy atom. The molecule has 0 heterocycles. The first-order valence-electron chi connectivity index (χ1n) is 6.46. The van der Waals surface area contributed by atoms with E-state index in [4.69, 9.17) is 32.7 Å². The quantitative estimate of drug-likeness (QED) is 0.319. The Labute approximate surface area is 128 Å². The van der Waals surface area contributed by atoms with Crippen LogP contribution in [0.2, 0.25) is 0 Å². The molecule has 0 saturated carbocycles. The van der Waals surface area contributed by atoms with E-state index in [1.807, 2.05) is 0 Å². The zero-order valence-corrected chi connectivity index (χ0v) is 13.5. The zero-order valence-electron chi connectivity index (χ0n) is 11.2. The minimum absolute atomic E-state index is 0. The summed E-state index contributed by atoms with van der Waals surface area (Å²) >= 11 is 11.1. The first-order chi connectivity index (χ1) is 8.35. The van der Waals surface area contributed by atoms with Gasteiger partial charge in [-0.25, -0.2) is 0 Å². The predicted molar refractivity (Wildman–Crippen MR) is 73.5 cm³/mol. The highest BCUT2D eigenvalue weighted by Crippen LogP contribution is 1.81. The molecule has 0 amide bonds. The third-order valence-electron chi connectivity index (χ3n) is 2.53. The van der Waals surface area contributed by atoms with Gasteiger partial charge >= 0.3 is 0 Å². The van der Waals surface area contributed by atoms with E-state index < -0.39 is 0 Å². The number of unbranched alkanes of at least 4 members (excludes halogenated alkanes) is 1. The highest BCUT2D eigenvalue weighted by atomic mass is 35.5. The molecule has 0 radical (unpaired) electrons. The van der Waals surface area contributed by atoms with E-state index in [9.17, 15) is 0 Å². The Balaban J connectivity index is 0. The topological polar surface area (TPSA) is 22.9 Å². The van der Waals surface area contributed by atoms with Crippen LogP contribution in [0.25, 0.3) is 0 Å². The van der Waals surface area contributed by atoms with Crippen LogP contribution in [0.1, 0.15) is 19.8 Å². The van der Waals surface area contributed by atoms with Crippen LogP contribution in [0.5, 0.6) is 0 Å². The summed E-state index contributed by atoms with van der Waals surface area (Å²) in [5.41, 5.74) is 0. The van der Waals surface area contributed by atoms with Crippen molar-refractivity contribution in [3.63, 3.8) is 0 Å². The minimum Gasteiger partial charge on any atom is -1.00 e. The van der Waals surface area contributed by atoms with Gasteiger partial charge in [0.05, 0.1) is 33.0 Å². The summed E-state index contributed by atoms with van der Waals surface area (Å²) < 4.78 is 10.8. The molecule has 0 bridgehead atoms. The van der Waals surface area contributed by atoms with E-state index in [1.54, 1.807) is 0 Å². The second-order valence-electron chi connectivity index (χ2n) is 3.96. The maximum Gasteiger partial charge on any atom is 0.101 e. The van der Waals surface area contributed by atoms with Crippen molar-refractivity contribution in [3.8, 4) is 0 Å². The van der Waals surface area contributed by atoms with E-state index in [0.717, 1.165) is 26.3 Å². The van der Waals surface area contributed by atoms with Gasteiger partial charge in [-0.05, 0) is 6.42 Å². The molecule has 0 fully saturated rings. The Morgan fingerprint density at radius 1 is 0.833 bits per heavy atom. The third-order valence-corrected chi connectivity index (χ3v) is 2.84. The second kappa shape index (κ2) is 17.8. The molecule has 0 atom stereocenters. The molecule has 0 aromatic heterocycles. The van der Waals surface area contributed by atoms with Gasteiger partial charge in [-0.15, -0.1) is 23.2 Å². The molecular formula is C12H26Cl3NO2. The van der Waals surface area contributed by atoms with E-state index in [0.29, 0.717) is 25.0 Å². The van der Waals surface area contributed by atoms with Crippen LogP contribution < -0.4 is 17.3 Å². The maximum atomic E-state index is 5.55. The van der Waals surface area contributed by atoms with Gasteiger partial charge in [-0.3, -0.25) is 0 Å². The summed E-state index contributed by atoms with van der Waals surface area (Å²) in [5.74, 6) is 1.15. The number of quaternary nitrogens is 1. The van der Waals surface area contributed by atoms with Gasteiger partial charge in [0.15, 0.2) is 0 Å². The Bertz CT molecular complexity index is 141. The normalized spacial score (nSPS) is 10.7. The number of hydrogen-bond acceptors (Lipinski definition) is 2. The molecule has 0 aromatic rings. The number of alkyl halides is 2. The molecule has 18 heavy (non-hydrogen) atoms. The summed E-state index contributed by atoms with van der Waals surface area (Å²) in [6.45, 7) is 8.30. The second-order valence-corrected chi connectivity index (χ2v) is 4.71. The van der Waals surface area contributed by atoms with Gasteiger partial charge in [0, 0.05) is 11.8 Å². The first-order valence-corrected chi connectivity index (χ1v) is 7.53. The molecule has 0 unspecified atom stereocenters. The SMILES string of the molecule is CCCC[NH+](CCOCCCl)CCOCCCl.[Cl-]. The summed E-state index contributed by atoms with van der Waals surface area (Å²) in [6, 6.07) is 0. The van der Waals surface area contributed by atoms with Crippen molar-refractivity contribution in [2.75, 3.05) is 57.8 Å². The molecule has 1 N–H and O–H groups in total. The summed E-state index contributed by atoms with van der Waals surface area (Å²) in [4.78, 5) is 1.54. The molecule has 0 spiro atoms. The van der Waals surface area contributed by atoms with Gasteiger partial charge < -0.3 is 26.8 Å². The van der Waals surface area contributed by atoms with Crippen molar-refractivity contribution in [2.45, 2.75) is 19.8 Å². The van der Waals surface area contributed by atoms with Gasteiger partial charge in [0.25, 0.3) is 0 Å². The fourth-order valence-electron chi connectivity index (χ4n) is 1.55. The molecular weight excluding hydrogens is 296 g/mol. The Morgan fingerprint density at radius 3 is 1.72 bits per heavy atom. The summed E-state index contributed by atoms with van der Waals surface area (Å²) in [6.07, 6.45) is 2.48. The van der Waals surface area contributed by atoms with E-state index in [2.05, 4.69) is 6.92 Å². The number of rotatable bonds is 13. The van der Waals surface area contributed by atoms with Crippen LogP contribution in [0.3, 0.4) is 0 Å². The average Bonchev–Trinajstić information content (AvgIpc) is 2.35. The summed E-state index contributed by atoms with van der Waals surface area (Å²) in [7, 11) is 0. The van der Waals surface area contributed by atoms with Crippen LogP contribution in [-0.2, 0) is 9.47 Å². The van der Waals surface area contributed by atoms with E-state index in [1.165, 1.54) is 24.3 Å². The smallest absolute Gasteiger partial charge is 0.101 e. The molecule has 0 aliphatic carbocycles. The van der Waals surface area contributed by atoms with Crippen LogP contribution in [0.4, 0.5) is 0 Å². The summed E-state index contributed by atoms with van der Waals surface area (Å²) in [5, 5.41) is 0. The van der Waals surface area contributed by atoms with Crippen LogP contribution in [0.15, 0.2) is 0 Å². The van der Waals surface area contributed by atoms with E-state index >= 15 is 0 Å². The van der Waals surface area contributed by atoms with Crippen molar-refractivity contribution in [1.29, 1.82) is 0 Å². The lowest BCUT2D eigenvalue weighted by Crippen LogP contribution is -3.13. The first kappa shape index (κ1) is 21.1. The average molecular weight is 323 g/mol. The fourth-order valence-corrected chi connectivity index (χ4v) is 1.77.